The van der Waals surface area contributed by atoms with Crippen molar-refractivity contribution in [2.24, 2.45) is 0 Å². The first-order chi connectivity index (χ1) is 11.9. The average molecular weight is 352 g/mol. The van der Waals surface area contributed by atoms with Gasteiger partial charge < -0.3 is 24.7 Å². The van der Waals surface area contributed by atoms with Crippen LogP contribution >= 0.6 is 0 Å². The molecule has 0 amide bonds. The summed E-state index contributed by atoms with van der Waals surface area (Å²) in [5.41, 5.74) is -0.0199. The molecule has 0 bridgehead atoms. The van der Waals surface area contributed by atoms with Crippen LogP contribution in [-0.2, 0) is 16.1 Å². The third-order valence-corrected chi connectivity index (χ3v) is 2.66. The molecule has 1 aromatic carbocycles. The van der Waals surface area contributed by atoms with Gasteiger partial charge >= 0.3 is 17.6 Å². The van der Waals surface area contributed by atoms with Crippen molar-refractivity contribution in [2.75, 3.05) is 13.2 Å². The highest BCUT2D eigenvalue weighted by Gasteiger charge is 2.12. The quantitative estimate of drug-likeness (QED) is 0.291. The summed E-state index contributed by atoms with van der Waals surface area (Å²) in [6, 6.07) is 10.0. The Morgan fingerprint density at radius 3 is 2.40 bits per heavy atom. The lowest BCUT2D eigenvalue weighted by Crippen LogP contribution is -2.20. The fourth-order valence-corrected chi connectivity index (χ4v) is 1.59. The average Bonchev–Trinajstić information content (AvgIpc) is 3.08. The van der Waals surface area contributed by atoms with E-state index in [0.29, 0.717) is 19.7 Å². The van der Waals surface area contributed by atoms with Gasteiger partial charge in [0.2, 0.25) is 0 Å². The van der Waals surface area contributed by atoms with Crippen LogP contribution in [0.3, 0.4) is 0 Å². The van der Waals surface area contributed by atoms with Gasteiger partial charge in [-0.05, 0) is 18.2 Å². The van der Waals surface area contributed by atoms with E-state index in [1.807, 2.05) is 12.1 Å². The maximum Gasteiger partial charge on any atom is 0.414 e. The Kier molecular flexibility index (Phi) is 8.16. The van der Waals surface area contributed by atoms with Gasteiger partial charge in [-0.2, -0.15) is 0 Å². The number of carbonyl (C=O) groups is 2. The number of furan rings is 1. The zero-order valence-corrected chi connectivity index (χ0v) is 13.0. The largest absolute Gasteiger partial charge is 0.485 e. The molecule has 0 saturated carbocycles. The SMILES string of the molecule is O=C(O)C(=O)O.O=[N+]([O-])c1ccccc1OCCNCc1ccco1. The normalized spacial score (nSPS) is 9.60. The van der Waals surface area contributed by atoms with Gasteiger partial charge in [-0.1, -0.05) is 12.1 Å². The molecule has 10 nitrogen and oxygen atoms in total. The highest BCUT2D eigenvalue weighted by atomic mass is 16.6. The molecule has 1 heterocycles. The minimum Gasteiger partial charge on any atom is -0.485 e. The van der Waals surface area contributed by atoms with Crippen LogP contribution < -0.4 is 10.1 Å². The van der Waals surface area contributed by atoms with Crippen LogP contribution in [0.5, 0.6) is 5.75 Å². The molecule has 0 aliphatic rings. The van der Waals surface area contributed by atoms with Gasteiger partial charge in [0.1, 0.15) is 12.4 Å². The Bertz CT molecular complexity index is 687. The smallest absolute Gasteiger partial charge is 0.414 e. The van der Waals surface area contributed by atoms with Crippen molar-refractivity contribution in [3.63, 3.8) is 0 Å². The van der Waals surface area contributed by atoms with E-state index in [4.69, 9.17) is 29.0 Å². The van der Waals surface area contributed by atoms with Gasteiger partial charge in [0.15, 0.2) is 5.75 Å². The Hall–Kier alpha value is -3.40. The van der Waals surface area contributed by atoms with Crippen molar-refractivity contribution in [3.8, 4) is 5.75 Å². The Balaban J connectivity index is 0.000000450. The van der Waals surface area contributed by atoms with Crippen LogP contribution in [0.4, 0.5) is 5.69 Å². The summed E-state index contributed by atoms with van der Waals surface area (Å²) in [5.74, 6) is -2.53. The zero-order chi connectivity index (χ0) is 18.7. The topological polar surface area (TPSA) is 152 Å². The van der Waals surface area contributed by atoms with Crippen molar-refractivity contribution >= 4 is 17.6 Å². The third-order valence-electron chi connectivity index (χ3n) is 2.66. The number of nitrogens with zero attached hydrogens (tertiary/aromatic N) is 1. The highest BCUT2D eigenvalue weighted by Crippen LogP contribution is 2.25. The number of hydrogen-bond donors (Lipinski definition) is 3. The minimum absolute atomic E-state index is 0.0199. The Morgan fingerprint density at radius 2 is 1.84 bits per heavy atom. The number of carboxylic acid groups (broad SMARTS) is 2. The second-order valence-electron chi connectivity index (χ2n) is 4.44. The Labute approximate surface area is 141 Å². The first-order valence-electron chi connectivity index (χ1n) is 6.97. The summed E-state index contributed by atoms with van der Waals surface area (Å²) < 4.78 is 10.5. The molecule has 25 heavy (non-hydrogen) atoms. The molecule has 0 aliphatic carbocycles. The van der Waals surface area contributed by atoms with Crippen LogP contribution in [0.25, 0.3) is 0 Å². The van der Waals surface area contributed by atoms with Crippen molar-refractivity contribution in [2.45, 2.75) is 6.54 Å². The molecule has 0 fully saturated rings. The number of nitro benzene ring substituents is 1. The minimum atomic E-state index is -1.82. The number of nitro groups is 1. The van der Waals surface area contributed by atoms with Gasteiger partial charge in [0, 0.05) is 12.6 Å². The molecular formula is C15H16N2O8. The number of benzene rings is 1. The zero-order valence-electron chi connectivity index (χ0n) is 13.0. The van der Waals surface area contributed by atoms with E-state index in [2.05, 4.69) is 5.32 Å². The molecular weight excluding hydrogens is 336 g/mol. The number of hydrogen-bond acceptors (Lipinski definition) is 7. The summed E-state index contributed by atoms with van der Waals surface area (Å²) in [5, 5.41) is 28.7. The molecule has 2 aromatic rings. The number of nitrogens with one attached hydrogen (secondary N) is 1. The molecule has 0 saturated heterocycles. The lowest BCUT2D eigenvalue weighted by molar-refractivity contribution is -0.385. The summed E-state index contributed by atoms with van der Waals surface area (Å²) in [7, 11) is 0. The predicted octanol–water partition coefficient (Wildman–Crippen LogP) is 1.51. The molecule has 134 valence electrons. The van der Waals surface area contributed by atoms with E-state index < -0.39 is 16.9 Å². The maximum atomic E-state index is 10.8. The van der Waals surface area contributed by atoms with Crippen molar-refractivity contribution in [1.82, 2.24) is 5.32 Å². The molecule has 0 radical (unpaired) electrons. The molecule has 3 N–H and O–H groups in total. The van der Waals surface area contributed by atoms with Crippen LogP contribution in [0, 0.1) is 10.1 Å². The van der Waals surface area contributed by atoms with E-state index in [-0.39, 0.29) is 11.4 Å². The first-order valence-corrected chi connectivity index (χ1v) is 6.97. The van der Waals surface area contributed by atoms with Gasteiger partial charge in [0.25, 0.3) is 0 Å². The number of aliphatic carboxylic acids is 2. The molecule has 1 aromatic heterocycles. The number of rotatable bonds is 7. The molecule has 0 aliphatic heterocycles. The number of carboxylic acids is 2. The van der Waals surface area contributed by atoms with Crippen LogP contribution in [0.2, 0.25) is 0 Å². The maximum absolute atomic E-state index is 10.8. The molecule has 0 unspecified atom stereocenters. The summed E-state index contributed by atoms with van der Waals surface area (Å²) in [6.45, 7) is 1.53. The van der Waals surface area contributed by atoms with E-state index in [1.54, 1.807) is 24.5 Å². The van der Waals surface area contributed by atoms with E-state index in [0.717, 1.165) is 5.76 Å². The first kappa shape index (κ1) is 19.6. The fourth-order valence-electron chi connectivity index (χ4n) is 1.59. The van der Waals surface area contributed by atoms with Crippen LogP contribution in [0.1, 0.15) is 5.76 Å². The fraction of sp³-hybridized carbons (Fsp3) is 0.200. The Morgan fingerprint density at radius 1 is 1.16 bits per heavy atom. The highest BCUT2D eigenvalue weighted by molar-refractivity contribution is 6.27. The van der Waals surface area contributed by atoms with Gasteiger partial charge in [-0.3, -0.25) is 10.1 Å². The molecule has 2 rings (SSSR count). The van der Waals surface area contributed by atoms with Gasteiger partial charge in [-0.25, -0.2) is 9.59 Å². The summed E-state index contributed by atoms with van der Waals surface area (Å²) in [4.78, 5) is 28.5. The van der Waals surface area contributed by atoms with Gasteiger partial charge in [0.05, 0.1) is 17.7 Å². The van der Waals surface area contributed by atoms with E-state index in [9.17, 15) is 10.1 Å². The second kappa shape index (κ2) is 10.4. The van der Waals surface area contributed by atoms with Crippen molar-refractivity contribution in [1.29, 1.82) is 0 Å². The van der Waals surface area contributed by atoms with Crippen LogP contribution in [-0.4, -0.2) is 40.2 Å². The van der Waals surface area contributed by atoms with Crippen molar-refractivity contribution in [3.05, 3.63) is 58.5 Å². The molecule has 0 atom stereocenters. The molecule has 10 heteroatoms. The van der Waals surface area contributed by atoms with Crippen molar-refractivity contribution < 1.29 is 33.9 Å². The summed E-state index contributed by atoms with van der Waals surface area (Å²) >= 11 is 0. The predicted molar refractivity (Wildman–Crippen MR) is 84.3 cm³/mol. The van der Waals surface area contributed by atoms with Gasteiger partial charge in [-0.15, -0.1) is 0 Å². The summed E-state index contributed by atoms with van der Waals surface area (Å²) in [6.07, 6.45) is 1.61. The lowest BCUT2D eigenvalue weighted by atomic mass is 10.3. The van der Waals surface area contributed by atoms with E-state index >= 15 is 0 Å². The lowest BCUT2D eigenvalue weighted by Gasteiger charge is -2.07. The number of para-hydroxylation sites is 2. The van der Waals surface area contributed by atoms with E-state index in [1.165, 1.54) is 6.07 Å². The third kappa shape index (κ3) is 7.61. The number of ether oxygens (including phenoxy) is 1. The second-order valence-corrected chi connectivity index (χ2v) is 4.44. The standard InChI is InChI=1S/C13H14N2O4.C2H2O4/c16-15(17)12-5-1-2-6-13(12)19-9-7-14-10-11-4-3-8-18-11;3-1(4)2(5)6/h1-6,8,14H,7,9-10H2;(H,3,4)(H,5,6). The monoisotopic (exact) mass is 352 g/mol. The van der Waals surface area contributed by atoms with Crippen LogP contribution in [0.15, 0.2) is 47.1 Å². The molecule has 0 spiro atoms.